The zero-order valence-electron chi connectivity index (χ0n) is 13.7. The van der Waals surface area contributed by atoms with Crippen molar-refractivity contribution < 1.29 is 26.3 Å². The quantitative estimate of drug-likeness (QED) is 0.452. The lowest BCUT2D eigenvalue weighted by molar-refractivity contribution is -0.169. The van der Waals surface area contributed by atoms with Crippen LogP contribution >= 0.6 is 11.9 Å². The van der Waals surface area contributed by atoms with Gasteiger partial charge in [-0.2, -0.15) is 31.4 Å². The van der Waals surface area contributed by atoms with Gasteiger partial charge >= 0.3 is 12.4 Å². The van der Waals surface area contributed by atoms with Crippen molar-refractivity contribution in [2.24, 2.45) is 0 Å². The Labute approximate surface area is 153 Å². The molecule has 0 radical (unpaired) electrons. The minimum atomic E-state index is -4.68. The predicted octanol–water partition coefficient (Wildman–Crippen LogP) is 4.99. The van der Waals surface area contributed by atoms with Gasteiger partial charge in [0.1, 0.15) is 12.4 Å². The van der Waals surface area contributed by atoms with Crippen LogP contribution in [-0.4, -0.2) is 32.1 Å². The summed E-state index contributed by atoms with van der Waals surface area (Å²) in [7, 11) is 1.23. The summed E-state index contributed by atoms with van der Waals surface area (Å²) in [6.45, 7) is 0. The Morgan fingerprint density at radius 3 is 2.30 bits per heavy atom. The fraction of sp³-hybridized carbons (Fsp3) is 0.250. The standard InChI is InChI=1S/C16H12F6N4S/c1-25(27-12-6-7-26-13(8-12)23-9-24-26)14(16(20,21)22)10-2-4-11(5-3-10)15(17,18)19/h2-9,14H,1H3. The van der Waals surface area contributed by atoms with Crippen molar-refractivity contribution >= 4 is 17.6 Å². The highest BCUT2D eigenvalue weighted by Gasteiger charge is 2.44. The second-order valence-corrected chi connectivity index (χ2v) is 6.86. The Hall–Kier alpha value is -2.27. The Kier molecular flexibility index (Phi) is 5.08. The van der Waals surface area contributed by atoms with Crippen molar-refractivity contribution in [2.45, 2.75) is 23.3 Å². The molecule has 2 heterocycles. The summed E-state index contributed by atoms with van der Waals surface area (Å²) in [5.74, 6) is 0. The molecule has 4 nitrogen and oxygen atoms in total. The third-order valence-corrected chi connectivity index (χ3v) is 4.69. The van der Waals surface area contributed by atoms with E-state index in [-0.39, 0.29) is 5.56 Å². The maximum absolute atomic E-state index is 13.6. The molecule has 0 amide bonds. The van der Waals surface area contributed by atoms with Crippen LogP contribution in [-0.2, 0) is 6.18 Å². The Bertz CT molecular complexity index is 919. The highest BCUT2D eigenvalue weighted by Crippen LogP contribution is 2.42. The molecule has 1 unspecified atom stereocenters. The van der Waals surface area contributed by atoms with E-state index in [0.29, 0.717) is 22.7 Å². The molecule has 1 atom stereocenters. The van der Waals surface area contributed by atoms with E-state index in [1.807, 2.05) is 0 Å². The largest absolute Gasteiger partial charge is 0.416 e. The molecule has 0 saturated carbocycles. The summed E-state index contributed by atoms with van der Waals surface area (Å²) >= 11 is 0.811. The monoisotopic (exact) mass is 406 g/mol. The van der Waals surface area contributed by atoms with E-state index in [4.69, 9.17) is 0 Å². The highest BCUT2D eigenvalue weighted by molar-refractivity contribution is 7.97. The molecule has 0 aliphatic heterocycles. The highest BCUT2D eigenvalue weighted by atomic mass is 32.2. The smallest absolute Gasteiger partial charge is 0.233 e. The molecule has 3 rings (SSSR count). The number of pyridine rings is 1. The van der Waals surface area contributed by atoms with Crippen molar-refractivity contribution in [3.8, 4) is 0 Å². The fourth-order valence-corrected chi connectivity index (χ4v) is 3.49. The summed E-state index contributed by atoms with van der Waals surface area (Å²) in [5, 5.41) is 3.90. The van der Waals surface area contributed by atoms with Crippen LogP contribution in [0.3, 0.4) is 0 Å². The molecular formula is C16H12F6N4S. The average Bonchev–Trinajstić information content (AvgIpc) is 3.01. The topological polar surface area (TPSA) is 33.4 Å². The van der Waals surface area contributed by atoms with E-state index in [1.165, 1.54) is 17.9 Å². The van der Waals surface area contributed by atoms with E-state index in [2.05, 4.69) is 10.1 Å². The minimum absolute atomic E-state index is 0.283. The molecule has 2 aromatic heterocycles. The third kappa shape index (κ3) is 4.35. The summed E-state index contributed by atoms with van der Waals surface area (Å²) in [5.41, 5.74) is -0.819. The van der Waals surface area contributed by atoms with Crippen LogP contribution in [0.5, 0.6) is 0 Å². The number of alkyl halides is 6. The maximum Gasteiger partial charge on any atom is 0.416 e. The lowest BCUT2D eigenvalue weighted by Gasteiger charge is -2.29. The second kappa shape index (κ2) is 7.04. The van der Waals surface area contributed by atoms with Crippen LogP contribution in [0.1, 0.15) is 17.2 Å². The number of aromatic nitrogens is 3. The van der Waals surface area contributed by atoms with Crippen molar-refractivity contribution in [1.29, 1.82) is 0 Å². The zero-order valence-corrected chi connectivity index (χ0v) is 14.5. The van der Waals surface area contributed by atoms with Crippen LogP contribution in [0.4, 0.5) is 26.3 Å². The van der Waals surface area contributed by atoms with Crippen molar-refractivity contribution in [3.05, 3.63) is 60.0 Å². The molecule has 0 spiro atoms. The van der Waals surface area contributed by atoms with Crippen LogP contribution in [0.15, 0.2) is 53.8 Å². The molecular weight excluding hydrogens is 394 g/mol. The maximum atomic E-state index is 13.6. The first kappa shape index (κ1) is 19.5. The number of rotatable bonds is 4. The molecule has 1 aromatic carbocycles. The lowest BCUT2D eigenvalue weighted by atomic mass is 10.0. The Balaban J connectivity index is 1.87. The van der Waals surface area contributed by atoms with Gasteiger partial charge in [0, 0.05) is 11.1 Å². The number of benzene rings is 1. The molecule has 0 N–H and O–H groups in total. The van der Waals surface area contributed by atoms with E-state index in [1.54, 1.807) is 18.3 Å². The summed E-state index contributed by atoms with van der Waals surface area (Å²) in [6.07, 6.45) is -6.42. The van der Waals surface area contributed by atoms with Gasteiger partial charge in [-0.05, 0) is 48.8 Å². The first-order chi connectivity index (χ1) is 12.6. The van der Waals surface area contributed by atoms with Gasteiger partial charge in [-0.3, -0.25) is 0 Å². The van der Waals surface area contributed by atoms with Crippen LogP contribution in [0.2, 0.25) is 0 Å². The summed E-state index contributed by atoms with van der Waals surface area (Å²) < 4.78 is 81.1. The van der Waals surface area contributed by atoms with E-state index < -0.39 is 24.0 Å². The first-order valence-electron chi connectivity index (χ1n) is 7.50. The second-order valence-electron chi connectivity index (χ2n) is 5.63. The Morgan fingerprint density at radius 1 is 1.04 bits per heavy atom. The summed E-state index contributed by atoms with van der Waals surface area (Å²) in [6, 6.07) is 4.04. The molecule has 11 heteroatoms. The number of nitrogens with zero attached hydrogens (tertiary/aromatic N) is 4. The number of hydrogen-bond acceptors (Lipinski definition) is 4. The van der Waals surface area contributed by atoms with Crippen molar-refractivity contribution in [2.75, 3.05) is 7.05 Å². The van der Waals surface area contributed by atoms with E-state index in [9.17, 15) is 26.3 Å². The molecule has 0 bridgehead atoms. The molecule has 0 aliphatic carbocycles. The lowest BCUT2D eigenvalue weighted by Crippen LogP contribution is -2.32. The minimum Gasteiger partial charge on any atom is -0.233 e. The van der Waals surface area contributed by atoms with E-state index >= 15 is 0 Å². The van der Waals surface area contributed by atoms with Gasteiger partial charge in [0.15, 0.2) is 5.65 Å². The molecule has 0 aliphatic rings. The fourth-order valence-electron chi connectivity index (χ4n) is 2.53. The van der Waals surface area contributed by atoms with Gasteiger partial charge < -0.3 is 0 Å². The number of hydrogen-bond donors (Lipinski definition) is 0. The average molecular weight is 406 g/mol. The molecule has 0 fully saturated rings. The van der Waals surface area contributed by atoms with Crippen molar-refractivity contribution in [1.82, 2.24) is 18.9 Å². The molecule has 0 saturated heterocycles. The van der Waals surface area contributed by atoms with Gasteiger partial charge in [-0.15, -0.1) is 0 Å². The summed E-state index contributed by atoms with van der Waals surface area (Å²) in [4.78, 5) is 4.45. The zero-order chi connectivity index (χ0) is 19.8. The molecule has 144 valence electrons. The van der Waals surface area contributed by atoms with Gasteiger partial charge in [-0.1, -0.05) is 12.1 Å². The number of halogens is 6. The molecule has 27 heavy (non-hydrogen) atoms. The normalized spacial score (nSPS) is 14.1. The van der Waals surface area contributed by atoms with Crippen LogP contribution < -0.4 is 0 Å². The van der Waals surface area contributed by atoms with Crippen molar-refractivity contribution in [3.63, 3.8) is 0 Å². The first-order valence-corrected chi connectivity index (χ1v) is 8.27. The van der Waals surface area contributed by atoms with Crippen LogP contribution in [0, 0.1) is 0 Å². The van der Waals surface area contributed by atoms with Gasteiger partial charge in [0.05, 0.1) is 5.56 Å². The molecule has 3 aromatic rings. The van der Waals surface area contributed by atoms with Gasteiger partial charge in [-0.25, -0.2) is 13.8 Å². The van der Waals surface area contributed by atoms with Crippen LogP contribution in [0.25, 0.3) is 5.65 Å². The predicted molar refractivity (Wildman–Crippen MR) is 86.8 cm³/mol. The number of fused-ring (bicyclic) bond motifs is 1. The SMILES string of the molecule is CN(Sc1ccn2ncnc2c1)C(c1ccc(C(F)(F)F)cc1)C(F)(F)F. The Morgan fingerprint density at radius 2 is 1.70 bits per heavy atom. The third-order valence-electron chi connectivity index (χ3n) is 3.73. The van der Waals surface area contributed by atoms with E-state index in [0.717, 1.165) is 28.4 Å². The van der Waals surface area contributed by atoms with Gasteiger partial charge in [0.2, 0.25) is 0 Å². The van der Waals surface area contributed by atoms with Gasteiger partial charge in [0.25, 0.3) is 0 Å².